The molecule has 89 valence electrons. The molecule has 0 saturated carbocycles. The van der Waals surface area contributed by atoms with Crippen LogP contribution in [0.2, 0.25) is 0 Å². The van der Waals surface area contributed by atoms with Crippen molar-refractivity contribution in [1.29, 1.82) is 0 Å². The predicted molar refractivity (Wildman–Crippen MR) is 74.8 cm³/mol. The summed E-state index contributed by atoms with van der Waals surface area (Å²) in [4.78, 5) is 4.31. The minimum absolute atomic E-state index is 0.815. The van der Waals surface area contributed by atoms with Crippen LogP contribution in [-0.2, 0) is 0 Å². The topological polar surface area (TPSA) is 51.6 Å². The maximum Gasteiger partial charge on any atom is 0.153 e. The summed E-state index contributed by atoms with van der Waals surface area (Å²) in [5.41, 5.74) is 6.46. The van der Waals surface area contributed by atoms with Crippen LogP contribution >= 0.6 is 11.3 Å². The second kappa shape index (κ2) is 4.07. The molecule has 0 fully saturated rings. The minimum Gasteiger partial charge on any atom is -0.233 e. The second-order valence-corrected chi connectivity index (χ2v) is 4.94. The Labute approximate surface area is 112 Å². The number of hydrogen-bond donors (Lipinski definition) is 0. The van der Waals surface area contributed by atoms with E-state index in [1.165, 1.54) is 11.3 Å². The molecule has 5 heteroatoms. The van der Waals surface area contributed by atoms with E-state index in [9.17, 15) is 0 Å². The summed E-state index contributed by atoms with van der Waals surface area (Å²) in [6.07, 6.45) is 0. The van der Waals surface area contributed by atoms with Crippen molar-refractivity contribution >= 4 is 32.5 Å². The molecule has 0 unspecified atom stereocenters. The number of thiazole rings is 1. The van der Waals surface area contributed by atoms with Gasteiger partial charge in [0.2, 0.25) is 0 Å². The summed E-state index contributed by atoms with van der Waals surface area (Å²) in [6, 6.07) is 13.9. The largest absolute Gasteiger partial charge is 0.233 e. The Kier molecular flexibility index (Phi) is 2.25. The highest BCUT2D eigenvalue weighted by Crippen LogP contribution is 2.31. The highest BCUT2D eigenvalue weighted by molar-refractivity contribution is 7.16. The molecule has 0 N–H and O–H groups in total. The first-order chi connectivity index (χ1) is 9.43. The van der Waals surface area contributed by atoms with Crippen molar-refractivity contribution in [2.75, 3.05) is 0 Å². The van der Waals surface area contributed by atoms with Crippen molar-refractivity contribution in [3.63, 3.8) is 0 Å². The van der Waals surface area contributed by atoms with Gasteiger partial charge in [-0.1, -0.05) is 30.3 Å². The van der Waals surface area contributed by atoms with Crippen LogP contribution in [0.3, 0.4) is 0 Å². The Morgan fingerprint density at radius 2 is 1.89 bits per heavy atom. The maximum absolute atomic E-state index is 4.31. The van der Waals surface area contributed by atoms with Gasteiger partial charge in [0, 0.05) is 10.9 Å². The Hall–Kier alpha value is -2.40. The van der Waals surface area contributed by atoms with Gasteiger partial charge < -0.3 is 0 Å². The molecule has 2 aromatic carbocycles. The van der Waals surface area contributed by atoms with Crippen LogP contribution < -0.4 is 0 Å². The lowest BCUT2D eigenvalue weighted by Crippen LogP contribution is -1.94. The van der Waals surface area contributed by atoms with Crippen LogP contribution in [0, 0.1) is 5.51 Å². The van der Waals surface area contributed by atoms with E-state index in [1.807, 2.05) is 42.5 Å². The fourth-order valence-electron chi connectivity index (χ4n) is 2.16. The van der Waals surface area contributed by atoms with Crippen molar-refractivity contribution in [3.05, 3.63) is 48.0 Å². The first-order valence-electron chi connectivity index (χ1n) is 5.77. The van der Waals surface area contributed by atoms with Crippen molar-refractivity contribution in [3.8, 4) is 11.3 Å². The van der Waals surface area contributed by atoms with Gasteiger partial charge in [0.15, 0.2) is 5.51 Å². The van der Waals surface area contributed by atoms with Gasteiger partial charge in [-0.05, 0) is 17.3 Å². The number of fused-ring (bicyclic) bond motifs is 2. The van der Waals surface area contributed by atoms with Gasteiger partial charge in [-0.15, -0.1) is 21.5 Å². The molecular formula is C14H7N4S. The van der Waals surface area contributed by atoms with E-state index in [0.717, 1.165) is 32.4 Å². The van der Waals surface area contributed by atoms with E-state index >= 15 is 0 Å². The number of hydrogen-bond acceptors (Lipinski definition) is 5. The van der Waals surface area contributed by atoms with Crippen LogP contribution in [-0.4, -0.2) is 20.4 Å². The van der Waals surface area contributed by atoms with Gasteiger partial charge in [-0.2, -0.15) is 0 Å². The average Bonchev–Trinajstić information content (AvgIpc) is 2.95. The lowest BCUT2D eigenvalue weighted by Gasteiger charge is -2.04. The lowest BCUT2D eigenvalue weighted by molar-refractivity contribution is 0.901. The predicted octanol–water partition coefficient (Wildman–Crippen LogP) is 3.10. The summed E-state index contributed by atoms with van der Waals surface area (Å²) in [7, 11) is 0. The molecule has 0 bridgehead atoms. The third-order valence-corrected chi connectivity index (χ3v) is 3.76. The maximum atomic E-state index is 4.31. The van der Waals surface area contributed by atoms with E-state index in [-0.39, 0.29) is 0 Å². The first kappa shape index (κ1) is 10.5. The molecule has 0 aliphatic rings. The molecule has 19 heavy (non-hydrogen) atoms. The molecule has 0 aliphatic heterocycles. The SMILES string of the molecule is [c]1nc2c(-c3nnnc4ccccc34)cccc2s1. The van der Waals surface area contributed by atoms with E-state index < -0.39 is 0 Å². The zero-order valence-electron chi connectivity index (χ0n) is 9.74. The quantitative estimate of drug-likeness (QED) is 0.529. The van der Waals surface area contributed by atoms with Gasteiger partial charge in [-0.25, -0.2) is 4.98 Å². The van der Waals surface area contributed by atoms with E-state index in [0.29, 0.717) is 0 Å². The van der Waals surface area contributed by atoms with Gasteiger partial charge in [0.25, 0.3) is 0 Å². The molecule has 2 heterocycles. The molecule has 4 aromatic rings. The highest BCUT2D eigenvalue weighted by Gasteiger charge is 2.11. The zero-order valence-corrected chi connectivity index (χ0v) is 10.6. The van der Waals surface area contributed by atoms with Gasteiger partial charge in [0.1, 0.15) is 5.69 Å². The summed E-state index contributed by atoms with van der Waals surface area (Å²) >= 11 is 1.50. The van der Waals surface area contributed by atoms with Crippen LogP contribution in [0.4, 0.5) is 0 Å². The van der Waals surface area contributed by atoms with Crippen LogP contribution in [0.25, 0.3) is 32.4 Å². The molecule has 0 amide bonds. The zero-order chi connectivity index (χ0) is 12.7. The Balaban J connectivity index is 2.12. The molecule has 1 radical (unpaired) electrons. The Morgan fingerprint density at radius 1 is 0.947 bits per heavy atom. The van der Waals surface area contributed by atoms with Crippen LogP contribution in [0.5, 0.6) is 0 Å². The highest BCUT2D eigenvalue weighted by atomic mass is 32.1. The normalized spacial score (nSPS) is 11.2. The van der Waals surface area contributed by atoms with E-state index in [2.05, 4.69) is 25.9 Å². The van der Waals surface area contributed by atoms with Crippen LogP contribution in [0.15, 0.2) is 42.5 Å². The molecular weight excluding hydrogens is 256 g/mol. The smallest absolute Gasteiger partial charge is 0.153 e. The third kappa shape index (κ3) is 1.59. The lowest BCUT2D eigenvalue weighted by atomic mass is 10.1. The molecule has 4 rings (SSSR count). The van der Waals surface area contributed by atoms with Crippen molar-refractivity contribution in [1.82, 2.24) is 20.4 Å². The summed E-state index contributed by atoms with van der Waals surface area (Å²) in [5.74, 6) is 0. The standard InChI is InChI=1S/C14H7N4S/c1-2-6-11-9(4-1)13(17-18-16-11)10-5-3-7-12-14(10)15-8-19-12/h1-7H. The second-order valence-electron chi connectivity index (χ2n) is 4.11. The molecule has 4 nitrogen and oxygen atoms in total. The number of aromatic nitrogens is 4. The van der Waals surface area contributed by atoms with E-state index in [1.54, 1.807) is 0 Å². The summed E-state index contributed by atoms with van der Waals surface area (Å²) < 4.78 is 1.10. The van der Waals surface area contributed by atoms with Crippen molar-refractivity contribution in [2.45, 2.75) is 0 Å². The summed E-state index contributed by atoms with van der Waals surface area (Å²) in [5, 5.41) is 13.1. The fraction of sp³-hybridized carbons (Fsp3) is 0. The molecule has 0 spiro atoms. The third-order valence-electron chi connectivity index (χ3n) is 3.02. The molecule has 0 atom stereocenters. The fourth-order valence-corrected chi connectivity index (χ4v) is 2.79. The monoisotopic (exact) mass is 263 g/mol. The van der Waals surface area contributed by atoms with Crippen molar-refractivity contribution < 1.29 is 0 Å². The number of benzene rings is 2. The first-order valence-corrected chi connectivity index (χ1v) is 6.59. The van der Waals surface area contributed by atoms with Gasteiger partial charge >= 0.3 is 0 Å². The van der Waals surface area contributed by atoms with Crippen molar-refractivity contribution in [2.24, 2.45) is 0 Å². The Morgan fingerprint density at radius 3 is 2.89 bits per heavy atom. The average molecular weight is 263 g/mol. The number of rotatable bonds is 1. The molecule has 2 aromatic heterocycles. The van der Waals surface area contributed by atoms with Gasteiger partial charge in [-0.3, -0.25) is 0 Å². The molecule has 0 saturated heterocycles. The minimum atomic E-state index is 0.815. The number of nitrogens with zero attached hydrogens (tertiary/aromatic N) is 4. The molecule has 0 aliphatic carbocycles. The Bertz CT molecular complexity index is 879. The number of para-hydroxylation sites is 1. The summed E-state index contributed by atoms with van der Waals surface area (Å²) in [6.45, 7) is 0. The van der Waals surface area contributed by atoms with Gasteiger partial charge in [0.05, 0.1) is 15.7 Å². The van der Waals surface area contributed by atoms with E-state index in [4.69, 9.17) is 0 Å². The van der Waals surface area contributed by atoms with Crippen LogP contribution in [0.1, 0.15) is 0 Å².